The lowest BCUT2D eigenvalue weighted by Gasteiger charge is -1.96. The van der Waals surface area contributed by atoms with Crippen LogP contribution in [0, 0.1) is 3.95 Å². The summed E-state index contributed by atoms with van der Waals surface area (Å²) in [5, 5.41) is 6.31. The summed E-state index contributed by atoms with van der Waals surface area (Å²) in [4.78, 5) is 3.15. The molecule has 0 atom stereocenters. The predicted octanol–water partition coefficient (Wildman–Crippen LogP) is 3.88. The molecule has 80 valence electrons. The van der Waals surface area contributed by atoms with Gasteiger partial charge in [0, 0.05) is 21.6 Å². The van der Waals surface area contributed by atoms with Crippen LogP contribution in [0.1, 0.15) is 0 Å². The lowest BCUT2D eigenvalue weighted by atomic mass is 10.2. The number of thiazole rings is 1. The molecule has 3 heterocycles. The highest BCUT2D eigenvalue weighted by Gasteiger charge is 2.07. The lowest BCUT2D eigenvalue weighted by Crippen LogP contribution is -1.84. The van der Waals surface area contributed by atoms with E-state index in [0.29, 0.717) is 0 Å². The van der Waals surface area contributed by atoms with Gasteiger partial charge in [-0.3, -0.25) is 0 Å². The van der Waals surface area contributed by atoms with Crippen LogP contribution in [0.3, 0.4) is 0 Å². The molecule has 3 nitrogen and oxygen atoms in total. The van der Waals surface area contributed by atoms with Crippen LogP contribution >= 0.6 is 39.5 Å². The molecule has 3 aromatic heterocycles. The molecule has 0 fully saturated rings. The Morgan fingerprint density at radius 1 is 1.50 bits per heavy atom. The van der Waals surface area contributed by atoms with Crippen molar-refractivity contribution in [1.29, 1.82) is 0 Å². The maximum absolute atomic E-state index is 5.08. The van der Waals surface area contributed by atoms with Crippen molar-refractivity contribution in [2.45, 2.75) is 0 Å². The third-order valence-corrected chi connectivity index (χ3v) is 3.85. The average Bonchev–Trinajstić information content (AvgIpc) is 2.83. The molecule has 0 amide bonds. The Bertz CT molecular complexity index is 710. The Labute approximate surface area is 109 Å². The Balaban J connectivity index is 2.31. The number of H-pyrrole nitrogens is 1. The number of rotatable bonds is 1. The lowest BCUT2D eigenvalue weighted by molar-refractivity contribution is 0.959. The largest absolute Gasteiger partial charge is 0.337 e. The van der Waals surface area contributed by atoms with Gasteiger partial charge in [-0.25, -0.2) is 4.52 Å². The van der Waals surface area contributed by atoms with Crippen LogP contribution in [0.4, 0.5) is 0 Å². The highest BCUT2D eigenvalue weighted by molar-refractivity contribution is 9.10. The third-order valence-electron chi connectivity index (χ3n) is 2.29. The van der Waals surface area contributed by atoms with Crippen molar-refractivity contribution < 1.29 is 0 Å². The number of pyridine rings is 1. The fraction of sp³-hybridized carbons (Fsp3) is 0. The summed E-state index contributed by atoms with van der Waals surface area (Å²) in [6.45, 7) is 0. The zero-order chi connectivity index (χ0) is 11.1. The SMILES string of the molecule is S=c1[nH]c(-c2cnn3ccc(Br)cc23)cs1. The maximum Gasteiger partial charge on any atom is 0.158 e. The van der Waals surface area contributed by atoms with Gasteiger partial charge in [-0.1, -0.05) is 15.9 Å². The van der Waals surface area contributed by atoms with Gasteiger partial charge in [-0.15, -0.1) is 11.3 Å². The molecule has 0 aliphatic rings. The van der Waals surface area contributed by atoms with E-state index < -0.39 is 0 Å². The number of aromatic nitrogens is 3. The fourth-order valence-electron chi connectivity index (χ4n) is 1.57. The van der Waals surface area contributed by atoms with E-state index in [-0.39, 0.29) is 0 Å². The van der Waals surface area contributed by atoms with Gasteiger partial charge < -0.3 is 4.98 Å². The van der Waals surface area contributed by atoms with Crippen molar-refractivity contribution in [1.82, 2.24) is 14.6 Å². The van der Waals surface area contributed by atoms with E-state index in [9.17, 15) is 0 Å². The molecule has 0 unspecified atom stereocenters. The fourth-order valence-corrected chi connectivity index (χ4v) is 2.74. The molecule has 0 radical (unpaired) electrons. The summed E-state index contributed by atoms with van der Waals surface area (Å²) in [6.07, 6.45) is 3.76. The Morgan fingerprint density at radius 2 is 2.38 bits per heavy atom. The number of hydrogen-bond acceptors (Lipinski definition) is 3. The van der Waals surface area contributed by atoms with Crippen LogP contribution in [0.2, 0.25) is 0 Å². The quantitative estimate of drug-likeness (QED) is 0.692. The molecule has 0 saturated heterocycles. The summed E-state index contributed by atoms with van der Waals surface area (Å²) in [5.41, 5.74) is 3.13. The van der Waals surface area contributed by atoms with Crippen molar-refractivity contribution in [2.24, 2.45) is 0 Å². The molecule has 0 aliphatic heterocycles. The van der Waals surface area contributed by atoms with Gasteiger partial charge in [-0.2, -0.15) is 5.10 Å². The minimum Gasteiger partial charge on any atom is -0.337 e. The van der Waals surface area contributed by atoms with Gasteiger partial charge in [0.15, 0.2) is 3.95 Å². The molecular weight excluding hydrogens is 306 g/mol. The molecule has 0 bridgehead atoms. The first-order valence-corrected chi connectivity index (χ1v) is 6.63. The van der Waals surface area contributed by atoms with Crippen molar-refractivity contribution in [2.75, 3.05) is 0 Å². The number of fused-ring (bicyclic) bond motifs is 1. The highest BCUT2D eigenvalue weighted by atomic mass is 79.9. The second-order valence-corrected chi connectivity index (χ2v) is 5.76. The molecular formula is C10H6BrN3S2. The Kier molecular flexibility index (Phi) is 2.42. The summed E-state index contributed by atoms with van der Waals surface area (Å²) in [7, 11) is 0. The minimum absolute atomic E-state index is 0.782. The van der Waals surface area contributed by atoms with E-state index in [1.54, 1.807) is 0 Å². The number of halogens is 1. The number of nitrogens with zero attached hydrogens (tertiary/aromatic N) is 2. The normalized spacial score (nSPS) is 11.1. The maximum atomic E-state index is 5.08. The molecule has 0 saturated carbocycles. The minimum atomic E-state index is 0.782. The third kappa shape index (κ3) is 1.63. The first kappa shape index (κ1) is 10.2. The Morgan fingerprint density at radius 3 is 3.12 bits per heavy atom. The first-order chi connectivity index (χ1) is 7.74. The monoisotopic (exact) mass is 311 g/mol. The predicted molar refractivity (Wildman–Crippen MR) is 71.4 cm³/mol. The van der Waals surface area contributed by atoms with E-state index >= 15 is 0 Å². The average molecular weight is 312 g/mol. The highest BCUT2D eigenvalue weighted by Crippen LogP contribution is 2.26. The molecule has 6 heteroatoms. The van der Waals surface area contributed by atoms with Crippen LogP contribution in [0.5, 0.6) is 0 Å². The summed E-state index contributed by atoms with van der Waals surface area (Å²) < 4.78 is 3.66. The van der Waals surface area contributed by atoms with Crippen molar-refractivity contribution in [3.63, 3.8) is 0 Å². The van der Waals surface area contributed by atoms with Crippen LogP contribution in [0.25, 0.3) is 16.8 Å². The standard InChI is InChI=1S/C10H6BrN3S2/c11-6-1-2-14-9(3-6)7(4-12-14)8-5-16-10(15)13-8/h1-5H,(H,13,15). The number of nitrogens with one attached hydrogen (secondary N) is 1. The van der Waals surface area contributed by atoms with E-state index in [0.717, 1.165) is 25.2 Å². The van der Waals surface area contributed by atoms with Gasteiger partial charge in [0.05, 0.1) is 17.4 Å². The summed E-state index contributed by atoms with van der Waals surface area (Å²) in [5.74, 6) is 0. The number of hydrogen-bond donors (Lipinski definition) is 1. The zero-order valence-electron chi connectivity index (χ0n) is 7.98. The molecule has 16 heavy (non-hydrogen) atoms. The molecule has 1 N–H and O–H groups in total. The second kappa shape index (κ2) is 3.80. The molecule has 0 aliphatic carbocycles. The van der Waals surface area contributed by atoms with Gasteiger partial charge in [0.25, 0.3) is 0 Å². The molecule has 0 spiro atoms. The van der Waals surface area contributed by atoms with Crippen molar-refractivity contribution >= 4 is 45.0 Å². The van der Waals surface area contributed by atoms with E-state index in [2.05, 4.69) is 26.0 Å². The Hall–Kier alpha value is -0.980. The topological polar surface area (TPSA) is 33.1 Å². The molecule has 0 aromatic carbocycles. The van der Waals surface area contributed by atoms with E-state index in [4.69, 9.17) is 12.2 Å². The van der Waals surface area contributed by atoms with E-state index in [1.807, 2.05) is 34.4 Å². The van der Waals surface area contributed by atoms with Crippen LogP contribution in [0.15, 0.2) is 34.4 Å². The van der Waals surface area contributed by atoms with Crippen molar-refractivity contribution in [3.8, 4) is 11.3 Å². The molecule has 3 aromatic rings. The first-order valence-electron chi connectivity index (χ1n) is 4.55. The van der Waals surface area contributed by atoms with Crippen LogP contribution in [-0.2, 0) is 0 Å². The van der Waals surface area contributed by atoms with Crippen LogP contribution in [-0.4, -0.2) is 14.6 Å². The van der Waals surface area contributed by atoms with Gasteiger partial charge in [-0.05, 0) is 24.4 Å². The van der Waals surface area contributed by atoms with Crippen LogP contribution < -0.4 is 0 Å². The van der Waals surface area contributed by atoms with Gasteiger partial charge >= 0.3 is 0 Å². The van der Waals surface area contributed by atoms with Gasteiger partial charge in [0.1, 0.15) is 0 Å². The summed E-state index contributed by atoms with van der Waals surface area (Å²) >= 11 is 10.1. The second-order valence-electron chi connectivity index (χ2n) is 3.29. The molecule has 3 rings (SSSR count). The van der Waals surface area contributed by atoms with E-state index in [1.165, 1.54) is 11.3 Å². The van der Waals surface area contributed by atoms with Gasteiger partial charge in [0.2, 0.25) is 0 Å². The smallest absolute Gasteiger partial charge is 0.158 e. The number of aromatic amines is 1. The zero-order valence-corrected chi connectivity index (χ0v) is 11.2. The summed E-state index contributed by atoms with van der Waals surface area (Å²) in [6, 6.07) is 4.00. The van der Waals surface area contributed by atoms with Crippen molar-refractivity contribution in [3.05, 3.63) is 38.3 Å².